The van der Waals surface area contributed by atoms with Crippen LogP contribution < -0.4 is 5.32 Å². The standard InChI is InChI=1S/C21H30N4O5/c1-30-14-9-22-20(26)19(16-5-2-3-6-16)23-10-12-24(13-11-23)21(27)17-7-4-8-18(15-17)25(28)29/h4,7-8,15-16,19H,2-3,5-6,9-14H2,1H3,(H,22,26). The van der Waals surface area contributed by atoms with Crippen molar-refractivity contribution in [2.45, 2.75) is 31.7 Å². The Bertz CT molecular complexity index is 758. The minimum atomic E-state index is -0.497. The normalized spacial score (nSPS) is 18.9. The summed E-state index contributed by atoms with van der Waals surface area (Å²) in [6.45, 7) is 3.18. The number of carbonyl (C=O) groups excluding carboxylic acids is 2. The van der Waals surface area contributed by atoms with Crippen LogP contribution in [-0.2, 0) is 9.53 Å². The van der Waals surface area contributed by atoms with E-state index in [1.807, 2.05) is 0 Å². The highest BCUT2D eigenvalue weighted by Gasteiger charge is 2.37. The Kier molecular flexibility index (Phi) is 7.75. The lowest BCUT2D eigenvalue weighted by Crippen LogP contribution is -2.58. The molecule has 1 saturated heterocycles. The molecule has 9 heteroatoms. The van der Waals surface area contributed by atoms with Crippen LogP contribution in [0.25, 0.3) is 0 Å². The minimum Gasteiger partial charge on any atom is -0.383 e. The molecule has 1 aliphatic carbocycles. The molecular weight excluding hydrogens is 388 g/mol. The molecule has 1 aliphatic heterocycles. The molecule has 0 aromatic heterocycles. The second-order valence-corrected chi connectivity index (χ2v) is 7.91. The van der Waals surface area contributed by atoms with E-state index in [0.29, 0.717) is 50.8 Å². The van der Waals surface area contributed by atoms with Gasteiger partial charge in [-0.15, -0.1) is 0 Å². The first-order chi connectivity index (χ1) is 14.5. The number of ether oxygens (including phenoxy) is 1. The van der Waals surface area contributed by atoms with Gasteiger partial charge in [-0.2, -0.15) is 0 Å². The van der Waals surface area contributed by atoms with Crippen LogP contribution in [0.2, 0.25) is 0 Å². The predicted molar refractivity (Wildman–Crippen MR) is 111 cm³/mol. The Morgan fingerprint density at radius 2 is 1.93 bits per heavy atom. The second-order valence-electron chi connectivity index (χ2n) is 7.91. The maximum atomic E-state index is 12.9. The van der Waals surface area contributed by atoms with Crippen molar-refractivity contribution in [2.75, 3.05) is 46.4 Å². The average molecular weight is 418 g/mol. The van der Waals surface area contributed by atoms with Crippen LogP contribution in [0.1, 0.15) is 36.0 Å². The summed E-state index contributed by atoms with van der Waals surface area (Å²) in [4.78, 5) is 40.1. The molecular formula is C21H30N4O5. The number of nitro benzene ring substituents is 1. The summed E-state index contributed by atoms with van der Waals surface area (Å²) in [5.41, 5.74) is 0.232. The first kappa shape index (κ1) is 22.2. The van der Waals surface area contributed by atoms with Gasteiger partial charge in [-0.25, -0.2) is 0 Å². The third-order valence-corrected chi connectivity index (χ3v) is 6.02. The summed E-state index contributed by atoms with van der Waals surface area (Å²) in [5.74, 6) is 0.171. The third kappa shape index (κ3) is 5.34. The number of piperazine rings is 1. The Labute approximate surface area is 176 Å². The lowest BCUT2D eigenvalue weighted by atomic mass is 9.95. The van der Waals surface area contributed by atoms with E-state index >= 15 is 0 Å². The molecule has 1 aromatic carbocycles. The Morgan fingerprint density at radius 1 is 1.23 bits per heavy atom. The van der Waals surface area contributed by atoms with Gasteiger partial charge in [0.25, 0.3) is 11.6 Å². The van der Waals surface area contributed by atoms with Crippen LogP contribution in [0.5, 0.6) is 0 Å². The summed E-state index contributed by atoms with van der Waals surface area (Å²) in [5, 5.41) is 14.0. The van der Waals surface area contributed by atoms with Crippen LogP contribution in [0, 0.1) is 16.0 Å². The number of hydrogen-bond acceptors (Lipinski definition) is 6. The number of nitro groups is 1. The van der Waals surface area contributed by atoms with Crippen molar-refractivity contribution in [2.24, 2.45) is 5.92 Å². The molecule has 0 bridgehead atoms. The SMILES string of the molecule is COCCNC(=O)C(C1CCCC1)N1CCN(C(=O)c2cccc([N+](=O)[O-])c2)CC1. The van der Waals surface area contributed by atoms with Gasteiger partial charge in [0.1, 0.15) is 0 Å². The first-order valence-electron chi connectivity index (χ1n) is 10.6. The molecule has 0 radical (unpaired) electrons. The monoisotopic (exact) mass is 418 g/mol. The molecule has 164 valence electrons. The fourth-order valence-corrected chi connectivity index (χ4v) is 4.47. The number of nitrogens with one attached hydrogen (secondary N) is 1. The molecule has 3 rings (SSSR count). The Morgan fingerprint density at radius 3 is 2.57 bits per heavy atom. The van der Waals surface area contributed by atoms with Gasteiger partial charge < -0.3 is 15.0 Å². The zero-order chi connectivity index (χ0) is 21.5. The van der Waals surface area contributed by atoms with E-state index in [4.69, 9.17) is 4.74 Å². The number of benzene rings is 1. The number of non-ortho nitro benzene ring substituents is 1. The topological polar surface area (TPSA) is 105 Å². The van der Waals surface area contributed by atoms with Crippen molar-refractivity contribution in [3.05, 3.63) is 39.9 Å². The van der Waals surface area contributed by atoms with Crippen molar-refractivity contribution >= 4 is 17.5 Å². The maximum absolute atomic E-state index is 12.9. The number of methoxy groups -OCH3 is 1. The number of amides is 2. The van der Waals surface area contributed by atoms with Gasteiger partial charge in [0.2, 0.25) is 5.91 Å². The zero-order valence-electron chi connectivity index (χ0n) is 17.4. The number of nitrogens with zero attached hydrogens (tertiary/aromatic N) is 3. The van der Waals surface area contributed by atoms with Gasteiger partial charge in [0.05, 0.1) is 17.6 Å². The summed E-state index contributed by atoms with van der Waals surface area (Å²) in [6.07, 6.45) is 4.40. The molecule has 0 spiro atoms. The number of hydrogen-bond donors (Lipinski definition) is 1. The van der Waals surface area contributed by atoms with E-state index in [9.17, 15) is 19.7 Å². The van der Waals surface area contributed by atoms with E-state index in [1.165, 1.54) is 18.2 Å². The van der Waals surface area contributed by atoms with Gasteiger partial charge in [0, 0.05) is 57.5 Å². The van der Waals surface area contributed by atoms with Crippen LogP contribution in [0.3, 0.4) is 0 Å². The summed E-state index contributed by atoms with van der Waals surface area (Å²) in [6, 6.07) is 5.65. The molecule has 1 saturated carbocycles. The highest BCUT2D eigenvalue weighted by Crippen LogP contribution is 2.31. The highest BCUT2D eigenvalue weighted by molar-refractivity contribution is 5.95. The van der Waals surface area contributed by atoms with Crippen LogP contribution in [0.4, 0.5) is 5.69 Å². The number of rotatable bonds is 8. The van der Waals surface area contributed by atoms with Crippen molar-refractivity contribution in [1.82, 2.24) is 15.1 Å². The quantitative estimate of drug-likeness (QED) is 0.391. The predicted octanol–water partition coefficient (Wildman–Crippen LogP) is 1.67. The molecule has 1 aromatic rings. The largest absolute Gasteiger partial charge is 0.383 e. The van der Waals surface area contributed by atoms with Crippen LogP contribution >= 0.6 is 0 Å². The van der Waals surface area contributed by atoms with Gasteiger partial charge in [-0.1, -0.05) is 18.9 Å². The molecule has 30 heavy (non-hydrogen) atoms. The lowest BCUT2D eigenvalue weighted by Gasteiger charge is -2.40. The van der Waals surface area contributed by atoms with Crippen molar-refractivity contribution in [3.63, 3.8) is 0 Å². The van der Waals surface area contributed by atoms with E-state index in [-0.39, 0.29) is 23.5 Å². The van der Waals surface area contributed by atoms with Crippen LogP contribution in [-0.4, -0.2) is 79.0 Å². The molecule has 2 amide bonds. The summed E-state index contributed by atoms with van der Waals surface area (Å²) >= 11 is 0. The molecule has 1 atom stereocenters. The molecule has 2 aliphatic rings. The van der Waals surface area contributed by atoms with Crippen molar-refractivity contribution < 1.29 is 19.2 Å². The number of carbonyl (C=O) groups is 2. The second kappa shape index (κ2) is 10.5. The average Bonchev–Trinajstić information content (AvgIpc) is 3.28. The smallest absolute Gasteiger partial charge is 0.270 e. The first-order valence-corrected chi connectivity index (χ1v) is 10.6. The fourth-order valence-electron chi connectivity index (χ4n) is 4.47. The van der Waals surface area contributed by atoms with E-state index in [2.05, 4.69) is 10.2 Å². The third-order valence-electron chi connectivity index (χ3n) is 6.02. The van der Waals surface area contributed by atoms with E-state index in [1.54, 1.807) is 18.1 Å². The van der Waals surface area contributed by atoms with Gasteiger partial charge in [-0.05, 0) is 24.8 Å². The van der Waals surface area contributed by atoms with Crippen molar-refractivity contribution in [3.8, 4) is 0 Å². The fraction of sp³-hybridized carbons (Fsp3) is 0.619. The molecule has 1 heterocycles. The van der Waals surface area contributed by atoms with Gasteiger partial charge in [0.15, 0.2) is 0 Å². The summed E-state index contributed by atoms with van der Waals surface area (Å²) in [7, 11) is 1.61. The lowest BCUT2D eigenvalue weighted by molar-refractivity contribution is -0.384. The maximum Gasteiger partial charge on any atom is 0.270 e. The molecule has 2 fully saturated rings. The minimum absolute atomic E-state index is 0.0393. The molecule has 1 unspecified atom stereocenters. The molecule has 9 nitrogen and oxygen atoms in total. The Hall–Kier alpha value is -2.52. The highest BCUT2D eigenvalue weighted by atomic mass is 16.6. The van der Waals surface area contributed by atoms with Crippen molar-refractivity contribution in [1.29, 1.82) is 0 Å². The molecule has 1 N–H and O–H groups in total. The van der Waals surface area contributed by atoms with E-state index < -0.39 is 4.92 Å². The Balaban J connectivity index is 1.62. The van der Waals surface area contributed by atoms with Gasteiger partial charge >= 0.3 is 0 Å². The zero-order valence-corrected chi connectivity index (χ0v) is 17.4. The summed E-state index contributed by atoms with van der Waals surface area (Å²) < 4.78 is 5.03. The van der Waals surface area contributed by atoms with Crippen LogP contribution in [0.15, 0.2) is 24.3 Å². The van der Waals surface area contributed by atoms with Gasteiger partial charge in [-0.3, -0.25) is 24.6 Å². The van der Waals surface area contributed by atoms with E-state index in [0.717, 1.165) is 25.7 Å².